The van der Waals surface area contributed by atoms with Gasteiger partial charge in [0.1, 0.15) is 0 Å². The molecule has 0 spiro atoms. The van der Waals surface area contributed by atoms with Gasteiger partial charge in [0.05, 0.1) is 30.4 Å². The minimum atomic E-state index is -0.226. The van der Waals surface area contributed by atoms with Crippen molar-refractivity contribution in [2.75, 3.05) is 20.8 Å². The lowest BCUT2D eigenvalue weighted by Gasteiger charge is -2.51. The van der Waals surface area contributed by atoms with Gasteiger partial charge in [-0.2, -0.15) is 5.26 Å². The number of nitrogens with one attached hydrogen (secondary N) is 1. The van der Waals surface area contributed by atoms with E-state index in [9.17, 15) is 4.79 Å². The average Bonchev–Trinajstić information content (AvgIpc) is 2.52. The summed E-state index contributed by atoms with van der Waals surface area (Å²) in [7, 11) is 3.44. The number of carbonyl (C=O) groups excluding carboxylic acids is 1. The van der Waals surface area contributed by atoms with Crippen LogP contribution in [0.2, 0.25) is 0 Å². The molecule has 0 aromatic heterocycles. The third-order valence-corrected chi connectivity index (χ3v) is 5.18. The smallest absolute Gasteiger partial charge is 0.318 e. The van der Waals surface area contributed by atoms with Gasteiger partial charge in [-0.05, 0) is 31.1 Å². The molecule has 6 heteroatoms. The molecule has 0 radical (unpaired) electrons. The van der Waals surface area contributed by atoms with Crippen LogP contribution in [0, 0.1) is 16.7 Å². The molecule has 2 heterocycles. The molecule has 2 amide bonds. The standard InChI is InChI=1S/C17H29N3O3/c1-17(2,9-10-18)11-19-16(21)20-12-6-8-15(23-4)13(20)5-7-14(12)22-3/h12-15H,5-9,11H2,1-4H3,(H,19,21). The number of piperidine rings is 2. The number of carbonyl (C=O) groups is 1. The molecule has 1 N–H and O–H groups in total. The molecule has 2 fully saturated rings. The van der Waals surface area contributed by atoms with Crippen LogP contribution in [-0.2, 0) is 9.47 Å². The van der Waals surface area contributed by atoms with Crippen LogP contribution in [0.25, 0.3) is 0 Å². The van der Waals surface area contributed by atoms with Gasteiger partial charge >= 0.3 is 6.03 Å². The highest BCUT2D eigenvalue weighted by atomic mass is 16.5. The van der Waals surface area contributed by atoms with Gasteiger partial charge in [0.15, 0.2) is 0 Å². The first-order valence-corrected chi connectivity index (χ1v) is 8.42. The molecule has 23 heavy (non-hydrogen) atoms. The Labute approximate surface area is 139 Å². The fraction of sp³-hybridized carbons (Fsp3) is 0.882. The number of hydrogen-bond acceptors (Lipinski definition) is 4. The zero-order chi connectivity index (χ0) is 17.0. The highest BCUT2D eigenvalue weighted by Gasteiger charge is 2.47. The fourth-order valence-corrected chi connectivity index (χ4v) is 3.84. The van der Waals surface area contributed by atoms with Crippen molar-refractivity contribution in [1.29, 1.82) is 5.26 Å². The summed E-state index contributed by atoms with van der Waals surface area (Å²) < 4.78 is 11.2. The lowest BCUT2D eigenvalue weighted by Crippen LogP contribution is -2.65. The Bertz CT molecular complexity index is 440. The maximum atomic E-state index is 12.8. The van der Waals surface area contributed by atoms with Crippen molar-refractivity contribution in [3.63, 3.8) is 0 Å². The molecule has 0 aliphatic carbocycles. The van der Waals surface area contributed by atoms with E-state index in [1.165, 1.54) is 0 Å². The highest BCUT2D eigenvalue weighted by molar-refractivity contribution is 5.75. The number of nitrogens with zero attached hydrogens (tertiary/aromatic N) is 2. The summed E-state index contributed by atoms with van der Waals surface area (Å²) in [6.45, 7) is 4.47. The van der Waals surface area contributed by atoms with Crippen LogP contribution in [0.3, 0.4) is 0 Å². The van der Waals surface area contributed by atoms with E-state index in [2.05, 4.69) is 11.4 Å². The van der Waals surface area contributed by atoms with Crippen molar-refractivity contribution in [2.45, 2.75) is 70.2 Å². The first-order valence-electron chi connectivity index (χ1n) is 8.42. The van der Waals surface area contributed by atoms with Gasteiger partial charge in [-0.25, -0.2) is 4.79 Å². The first-order chi connectivity index (χ1) is 10.9. The molecule has 4 unspecified atom stereocenters. The van der Waals surface area contributed by atoms with Gasteiger partial charge in [-0.15, -0.1) is 0 Å². The fourth-order valence-electron chi connectivity index (χ4n) is 3.84. The second-order valence-corrected chi connectivity index (χ2v) is 7.40. The molecule has 2 bridgehead atoms. The van der Waals surface area contributed by atoms with Crippen molar-refractivity contribution in [3.05, 3.63) is 0 Å². The molecule has 0 aromatic rings. The molecule has 2 aliphatic heterocycles. The summed E-state index contributed by atoms with van der Waals surface area (Å²) in [6.07, 6.45) is 4.36. The molecule has 0 saturated carbocycles. The number of rotatable bonds is 5. The van der Waals surface area contributed by atoms with E-state index in [1.54, 1.807) is 14.2 Å². The summed E-state index contributed by atoms with van der Waals surface area (Å²) in [5.74, 6) is 0. The van der Waals surface area contributed by atoms with Crippen LogP contribution in [0.4, 0.5) is 4.79 Å². The third-order valence-electron chi connectivity index (χ3n) is 5.18. The second kappa shape index (κ2) is 7.50. The molecule has 130 valence electrons. The minimum Gasteiger partial charge on any atom is -0.379 e. The van der Waals surface area contributed by atoms with Crippen LogP contribution >= 0.6 is 0 Å². The Morgan fingerprint density at radius 3 is 2.13 bits per heavy atom. The van der Waals surface area contributed by atoms with E-state index < -0.39 is 0 Å². The minimum absolute atomic E-state index is 0.0606. The molecule has 2 saturated heterocycles. The van der Waals surface area contributed by atoms with E-state index >= 15 is 0 Å². The molecule has 2 rings (SSSR count). The van der Waals surface area contributed by atoms with Crippen LogP contribution < -0.4 is 5.32 Å². The van der Waals surface area contributed by atoms with Crippen LogP contribution in [0.5, 0.6) is 0 Å². The van der Waals surface area contributed by atoms with Gasteiger partial charge in [-0.1, -0.05) is 13.8 Å². The number of ether oxygens (including phenoxy) is 2. The number of fused-ring (bicyclic) bond motifs is 2. The third kappa shape index (κ3) is 3.96. The Hall–Kier alpha value is -1.32. The predicted molar refractivity (Wildman–Crippen MR) is 86.9 cm³/mol. The topological polar surface area (TPSA) is 74.6 Å². The Kier molecular flexibility index (Phi) is 5.88. The Morgan fingerprint density at radius 2 is 1.70 bits per heavy atom. The monoisotopic (exact) mass is 323 g/mol. The summed E-state index contributed by atoms with van der Waals surface area (Å²) in [4.78, 5) is 14.7. The van der Waals surface area contributed by atoms with Gasteiger partial charge in [0, 0.05) is 27.2 Å². The van der Waals surface area contributed by atoms with Crippen LogP contribution in [0.15, 0.2) is 0 Å². The van der Waals surface area contributed by atoms with Crippen LogP contribution in [-0.4, -0.2) is 56.0 Å². The Morgan fingerprint density at radius 1 is 1.17 bits per heavy atom. The largest absolute Gasteiger partial charge is 0.379 e. The van der Waals surface area contributed by atoms with Crippen molar-refractivity contribution in [3.8, 4) is 6.07 Å². The number of hydrogen-bond donors (Lipinski definition) is 1. The quantitative estimate of drug-likeness (QED) is 0.842. The van der Waals surface area contributed by atoms with E-state index in [0.29, 0.717) is 13.0 Å². The summed E-state index contributed by atoms with van der Waals surface area (Å²) >= 11 is 0. The van der Waals surface area contributed by atoms with Crippen molar-refractivity contribution in [1.82, 2.24) is 10.2 Å². The summed E-state index contributed by atoms with van der Waals surface area (Å²) in [5.41, 5.74) is -0.226. The molecule has 0 aromatic carbocycles. The van der Waals surface area contributed by atoms with E-state index in [1.807, 2.05) is 18.7 Å². The summed E-state index contributed by atoms with van der Waals surface area (Å²) in [5, 5.41) is 11.9. The van der Waals surface area contributed by atoms with Gasteiger partial charge in [-0.3, -0.25) is 0 Å². The lowest BCUT2D eigenvalue weighted by atomic mass is 9.81. The lowest BCUT2D eigenvalue weighted by molar-refractivity contribution is -0.0973. The van der Waals surface area contributed by atoms with Crippen molar-refractivity contribution in [2.24, 2.45) is 5.41 Å². The van der Waals surface area contributed by atoms with E-state index in [4.69, 9.17) is 14.7 Å². The molecular formula is C17H29N3O3. The SMILES string of the molecule is COC1CCC2C(OC)CCC1N2C(=O)NCC(C)(C)CC#N. The maximum Gasteiger partial charge on any atom is 0.318 e. The molecule has 2 aliphatic rings. The highest BCUT2D eigenvalue weighted by Crippen LogP contribution is 2.36. The maximum absolute atomic E-state index is 12.8. The van der Waals surface area contributed by atoms with Crippen molar-refractivity contribution < 1.29 is 14.3 Å². The first kappa shape index (κ1) is 18.0. The zero-order valence-corrected chi connectivity index (χ0v) is 14.7. The molecule has 4 atom stereocenters. The molecule has 6 nitrogen and oxygen atoms in total. The van der Waals surface area contributed by atoms with Crippen molar-refractivity contribution >= 4 is 6.03 Å². The van der Waals surface area contributed by atoms with E-state index in [0.717, 1.165) is 25.7 Å². The number of methoxy groups -OCH3 is 2. The van der Waals surface area contributed by atoms with Gasteiger partial charge < -0.3 is 19.7 Å². The predicted octanol–water partition coefficient (Wildman–Crippen LogP) is 2.29. The summed E-state index contributed by atoms with van der Waals surface area (Å²) in [6, 6.07) is 2.35. The van der Waals surface area contributed by atoms with Gasteiger partial charge in [0.25, 0.3) is 0 Å². The normalized spacial score (nSPS) is 30.7. The second-order valence-electron chi connectivity index (χ2n) is 7.40. The van der Waals surface area contributed by atoms with Crippen LogP contribution in [0.1, 0.15) is 46.0 Å². The van der Waals surface area contributed by atoms with Gasteiger partial charge in [0.2, 0.25) is 0 Å². The average molecular weight is 323 g/mol. The van der Waals surface area contributed by atoms with E-state index in [-0.39, 0.29) is 35.7 Å². The number of nitriles is 1. The number of amides is 2. The Balaban J connectivity index is 2.08. The molecular weight excluding hydrogens is 294 g/mol. The number of urea groups is 1. The zero-order valence-electron chi connectivity index (χ0n) is 14.7.